The number of hydrogen-bond acceptors (Lipinski definition) is 1. The molecule has 0 aromatic heterocycles. The first-order chi connectivity index (χ1) is 28.7. The fraction of sp³-hybridized carbons (Fsp3) is 0.0741. The molecule has 287 valence electrons. The molecule has 4 heteroatoms. The number of allylic oxidation sites excluding steroid dienone is 1. The number of rotatable bonds is 8. The molecule has 58 heavy (non-hydrogen) atoms. The molecule has 0 bridgehead atoms. The Morgan fingerprint density at radius 1 is 0.448 bits per heavy atom. The largest absolute Gasteiger partial charge is 0.214 e. The minimum Gasteiger partial charge on any atom is -0.214 e. The molecule has 0 N–H and O–H groups in total. The molecule has 0 spiro atoms. The maximum Gasteiger partial charge on any atom is -0.0134 e. The Morgan fingerprint density at radius 3 is 0.966 bits per heavy atom. The molecule has 9 rings (SSSR count). The summed E-state index contributed by atoms with van der Waals surface area (Å²) in [4.78, 5) is 12.0. The molecule has 1 nitrogen and oxygen atoms in total. The van der Waals surface area contributed by atoms with Crippen LogP contribution in [-0.4, -0.2) is 10.0 Å². The number of hydrogen-bond donors (Lipinski definition) is 0. The summed E-state index contributed by atoms with van der Waals surface area (Å²) in [5, 5.41) is 8.39. The standard InChI is InChI=1S/2C18H15P.C13H12O.C5H5.Ru/c2*1-4-10-16(11-5-1)19(17-12-6-2-7-13-17)18-14-8-3-9-15-18;1-2-13(10-6-9-12(13)14)11-7-4-3-5-8-11;1-2-4-5-3-1;/h2*1-15H;2-5,7-8H,6,9-10H2;1-5H;/q;;;-1;+1. The molecule has 1 fully saturated rings. The van der Waals surface area contributed by atoms with E-state index >= 15 is 0 Å². The van der Waals surface area contributed by atoms with Crippen LogP contribution < -0.4 is 31.8 Å². The molecule has 0 saturated heterocycles. The molecule has 0 radical (unpaired) electrons. The Labute approximate surface area is 357 Å². The quantitative estimate of drug-likeness (QED) is 0.0845. The zero-order chi connectivity index (χ0) is 40.1. The Bertz CT molecular complexity index is 2040. The number of Topliss-reactive ketones (excluding diaryl/α,β-unsaturated/α-hetero) is 1. The zero-order valence-electron chi connectivity index (χ0n) is 32.4. The summed E-state index contributed by atoms with van der Waals surface area (Å²) >= 11 is 2.34. The summed E-state index contributed by atoms with van der Waals surface area (Å²) in [5.41, 5.74) is 0.705. The Morgan fingerprint density at radius 2 is 0.741 bits per heavy atom. The van der Waals surface area contributed by atoms with E-state index in [9.17, 15) is 4.79 Å². The molecular weight excluding hydrogens is 828 g/mol. The van der Waals surface area contributed by atoms with Gasteiger partial charge < -0.3 is 0 Å². The Balaban J connectivity index is 0.000000139. The maximum atomic E-state index is 12.0. The SMILES string of the molecule is O=C1CCCC1(C=[C]=[Ru+])c1ccccc1.c1cc[cH-]c1.c1ccc(P(c2ccccc2)c2ccccc2)cc1.c1ccc(P(c2ccccc2)c2ccccc2)cc1. The molecule has 0 heterocycles. The van der Waals surface area contributed by atoms with Crippen molar-refractivity contribution >= 4 is 57.7 Å². The van der Waals surface area contributed by atoms with Gasteiger partial charge in [-0.2, -0.15) is 18.2 Å². The van der Waals surface area contributed by atoms with Gasteiger partial charge in [0.15, 0.2) is 0 Å². The van der Waals surface area contributed by atoms with Crippen LogP contribution in [0.3, 0.4) is 0 Å². The minimum atomic E-state index is -0.446. The van der Waals surface area contributed by atoms with Crippen LogP contribution in [-0.2, 0) is 28.1 Å². The molecule has 0 amide bonds. The number of ketones is 1. The van der Waals surface area contributed by atoms with E-state index in [2.05, 4.69) is 204 Å². The summed E-state index contributed by atoms with van der Waals surface area (Å²) in [6.45, 7) is 0. The van der Waals surface area contributed by atoms with Gasteiger partial charge in [-0.15, -0.1) is 0 Å². The third-order valence-corrected chi connectivity index (χ3v) is 14.8. The van der Waals surface area contributed by atoms with E-state index in [-0.39, 0.29) is 0 Å². The van der Waals surface area contributed by atoms with Gasteiger partial charge in [0.25, 0.3) is 0 Å². The normalized spacial score (nSPS) is 14.1. The average molecular weight is 875 g/mol. The van der Waals surface area contributed by atoms with Crippen LogP contribution in [0.15, 0.2) is 249 Å². The van der Waals surface area contributed by atoms with E-state index in [1.807, 2.05) is 66.7 Å². The zero-order valence-corrected chi connectivity index (χ0v) is 36.0. The van der Waals surface area contributed by atoms with Crippen molar-refractivity contribution in [3.63, 3.8) is 0 Å². The van der Waals surface area contributed by atoms with Crippen molar-refractivity contribution in [1.29, 1.82) is 0 Å². The second kappa shape index (κ2) is 23.2. The van der Waals surface area contributed by atoms with E-state index < -0.39 is 21.3 Å². The van der Waals surface area contributed by atoms with Crippen molar-refractivity contribution < 1.29 is 22.6 Å². The summed E-state index contributed by atoms with van der Waals surface area (Å²) in [5.74, 6) is 0.325. The number of benzene rings is 7. The average Bonchev–Trinajstić information content (AvgIpc) is 4.02. The predicted octanol–water partition coefficient (Wildman–Crippen LogP) is 10.5. The second-order valence-corrected chi connectivity index (χ2v) is 18.4. The third kappa shape index (κ3) is 11.9. The van der Waals surface area contributed by atoms with E-state index in [4.69, 9.17) is 0 Å². The molecule has 1 saturated carbocycles. The molecule has 8 aromatic carbocycles. The first-order valence-electron chi connectivity index (χ1n) is 19.5. The molecule has 1 aliphatic carbocycles. The molecule has 1 unspecified atom stereocenters. The first-order valence-corrected chi connectivity index (χ1v) is 23.1. The van der Waals surface area contributed by atoms with Crippen LogP contribution in [0.2, 0.25) is 0 Å². The Hall–Kier alpha value is -5.31. The summed E-state index contributed by atoms with van der Waals surface area (Å²) in [7, 11) is -0.892. The van der Waals surface area contributed by atoms with Crippen LogP contribution >= 0.6 is 15.8 Å². The van der Waals surface area contributed by atoms with Gasteiger partial charge in [-0.3, -0.25) is 0 Å². The van der Waals surface area contributed by atoms with Crippen molar-refractivity contribution in [1.82, 2.24) is 0 Å². The molecule has 0 aliphatic heterocycles. The first kappa shape index (κ1) is 42.3. The topological polar surface area (TPSA) is 17.1 Å². The van der Waals surface area contributed by atoms with Gasteiger partial charge in [0, 0.05) is 0 Å². The second-order valence-electron chi connectivity index (χ2n) is 13.5. The summed E-state index contributed by atoms with van der Waals surface area (Å²) in [6, 6.07) is 84.7. The van der Waals surface area contributed by atoms with E-state index in [0.29, 0.717) is 12.2 Å². The van der Waals surface area contributed by atoms with E-state index in [0.717, 1.165) is 18.4 Å². The van der Waals surface area contributed by atoms with Crippen molar-refractivity contribution in [3.8, 4) is 0 Å². The summed E-state index contributed by atoms with van der Waals surface area (Å²) < 4.78 is 2.96. The van der Waals surface area contributed by atoms with Crippen LogP contribution in [0.1, 0.15) is 24.8 Å². The summed E-state index contributed by atoms with van der Waals surface area (Å²) in [6.07, 6.45) is 4.50. The van der Waals surface area contributed by atoms with Crippen LogP contribution in [0, 0.1) is 0 Å². The third-order valence-electron chi connectivity index (χ3n) is 9.70. The van der Waals surface area contributed by atoms with Crippen LogP contribution in [0.5, 0.6) is 0 Å². The van der Waals surface area contributed by atoms with Gasteiger partial charge in [-0.25, -0.2) is 12.1 Å². The monoisotopic (exact) mass is 875 g/mol. The van der Waals surface area contributed by atoms with E-state index in [1.54, 1.807) is 0 Å². The number of carbonyl (C=O) groups excluding carboxylic acids is 1. The molecule has 1 aliphatic rings. The van der Waals surface area contributed by atoms with Gasteiger partial charge in [0.05, 0.1) is 0 Å². The fourth-order valence-corrected chi connectivity index (χ4v) is 12.0. The minimum absolute atomic E-state index is 0.325. The van der Waals surface area contributed by atoms with Gasteiger partial charge in [0.1, 0.15) is 0 Å². The van der Waals surface area contributed by atoms with Crippen molar-refractivity contribution in [2.45, 2.75) is 24.7 Å². The predicted molar refractivity (Wildman–Crippen MR) is 249 cm³/mol. The van der Waals surface area contributed by atoms with Crippen molar-refractivity contribution in [2.24, 2.45) is 0 Å². The van der Waals surface area contributed by atoms with E-state index in [1.165, 1.54) is 31.8 Å². The van der Waals surface area contributed by atoms with Crippen LogP contribution in [0.4, 0.5) is 0 Å². The number of carbonyl (C=O) groups is 1. The van der Waals surface area contributed by atoms with Gasteiger partial charge in [0.2, 0.25) is 0 Å². The van der Waals surface area contributed by atoms with Gasteiger partial charge in [-0.1, -0.05) is 182 Å². The van der Waals surface area contributed by atoms with Gasteiger partial charge >= 0.3 is 99.3 Å². The molecule has 1 atom stereocenters. The van der Waals surface area contributed by atoms with Crippen LogP contribution in [0.25, 0.3) is 0 Å². The molecule has 8 aromatic rings. The van der Waals surface area contributed by atoms with Gasteiger partial charge in [-0.05, 0) is 47.7 Å². The smallest absolute Gasteiger partial charge is 0.0134 e. The Kier molecular flexibility index (Phi) is 16.9. The maximum absolute atomic E-state index is 12.0. The van der Waals surface area contributed by atoms with Crippen molar-refractivity contribution in [3.05, 3.63) is 254 Å². The van der Waals surface area contributed by atoms with Crippen molar-refractivity contribution in [2.75, 3.05) is 0 Å². The fourth-order valence-electron chi connectivity index (χ4n) is 6.93. The molecular formula is C54H47OP2Ru.